The van der Waals surface area contributed by atoms with E-state index in [4.69, 9.17) is 4.74 Å². The van der Waals surface area contributed by atoms with Crippen LogP contribution in [0.5, 0.6) is 0 Å². The molecular weight excluding hydrogens is 266 g/mol. The molecule has 1 N–H and O–H groups in total. The first-order valence-electron chi connectivity index (χ1n) is 7.57. The summed E-state index contributed by atoms with van der Waals surface area (Å²) >= 11 is 0. The van der Waals surface area contributed by atoms with Crippen molar-refractivity contribution in [1.82, 2.24) is 4.98 Å². The average Bonchev–Trinajstić information content (AvgIpc) is 2.89. The minimum atomic E-state index is -0.477. The predicted molar refractivity (Wildman–Crippen MR) is 84.7 cm³/mol. The van der Waals surface area contributed by atoms with E-state index in [1.807, 2.05) is 6.92 Å². The number of rotatable bonds is 9. The van der Waals surface area contributed by atoms with Gasteiger partial charge in [-0.2, -0.15) is 0 Å². The molecule has 4 heteroatoms. The Labute approximate surface area is 126 Å². The minimum absolute atomic E-state index is 0.281. The molecule has 0 aromatic carbocycles. The Balaban J connectivity index is 3.01. The van der Waals surface area contributed by atoms with Gasteiger partial charge in [-0.15, -0.1) is 0 Å². The Morgan fingerprint density at radius 1 is 1.29 bits per heavy atom. The van der Waals surface area contributed by atoms with Gasteiger partial charge in [0.15, 0.2) is 6.29 Å². The number of methoxy groups -OCH3 is 1. The van der Waals surface area contributed by atoms with E-state index >= 15 is 0 Å². The highest BCUT2D eigenvalue weighted by Crippen LogP contribution is 2.28. The van der Waals surface area contributed by atoms with Crippen LogP contribution >= 0.6 is 0 Å². The summed E-state index contributed by atoms with van der Waals surface area (Å²) in [4.78, 5) is 26.1. The summed E-state index contributed by atoms with van der Waals surface area (Å²) in [5.41, 5.74) is 3.21. The number of hydrogen-bond donors (Lipinski definition) is 1. The van der Waals surface area contributed by atoms with Gasteiger partial charge in [-0.25, -0.2) is 4.79 Å². The number of aldehydes is 1. The minimum Gasteiger partial charge on any atom is -0.465 e. The lowest BCUT2D eigenvalue weighted by Gasteiger charge is -2.07. The zero-order valence-electron chi connectivity index (χ0n) is 13.3. The quantitative estimate of drug-likeness (QED) is 0.422. The van der Waals surface area contributed by atoms with Gasteiger partial charge in [-0.3, -0.25) is 4.79 Å². The monoisotopic (exact) mass is 291 g/mol. The highest BCUT2D eigenvalue weighted by molar-refractivity contribution is 6.00. The molecule has 1 aromatic rings. The maximum absolute atomic E-state index is 11.9. The van der Waals surface area contributed by atoms with Gasteiger partial charge in [-0.05, 0) is 30.4 Å². The Kier molecular flexibility index (Phi) is 6.92. The van der Waals surface area contributed by atoms with E-state index in [0.29, 0.717) is 18.3 Å². The fraction of sp³-hybridized carbons (Fsp3) is 0.529. The van der Waals surface area contributed by atoms with Gasteiger partial charge in [0.2, 0.25) is 0 Å². The number of carbonyl (C=O) groups excluding carboxylic acids is 2. The molecule has 1 heterocycles. The van der Waals surface area contributed by atoms with Gasteiger partial charge in [0.05, 0.1) is 18.4 Å². The second kappa shape index (κ2) is 8.45. The first kappa shape index (κ1) is 17.2. The second-order valence-corrected chi connectivity index (χ2v) is 5.14. The summed E-state index contributed by atoms with van der Waals surface area (Å²) in [5, 5.41) is 0. The molecule has 0 saturated heterocycles. The summed E-state index contributed by atoms with van der Waals surface area (Å²) in [6, 6.07) is 0. The number of esters is 1. The molecule has 0 atom stereocenters. The predicted octanol–water partition coefficient (Wildman–Crippen LogP) is 4.16. The zero-order chi connectivity index (χ0) is 15.8. The number of carbonyl (C=O) groups is 2. The molecule has 0 amide bonds. The van der Waals surface area contributed by atoms with Crippen molar-refractivity contribution < 1.29 is 14.3 Å². The smallest absolute Gasteiger partial charge is 0.340 e. The Bertz CT molecular complexity index is 514. The zero-order valence-corrected chi connectivity index (χ0v) is 13.3. The van der Waals surface area contributed by atoms with E-state index < -0.39 is 5.97 Å². The van der Waals surface area contributed by atoms with E-state index in [2.05, 4.69) is 18.5 Å². The molecule has 0 aliphatic carbocycles. The molecule has 0 bridgehead atoms. The number of unbranched alkanes of at least 4 members (excludes halogenated alkanes) is 3. The number of aromatic nitrogens is 1. The molecule has 0 unspecified atom stereocenters. The van der Waals surface area contributed by atoms with Crippen molar-refractivity contribution in [1.29, 1.82) is 0 Å². The topological polar surface area (TPSA) is 59.2 Å². The molecule has 1 aromatic heterocycles. The van der Waals surface area contributed by atoms with Crippen molar-refractivity contribution >= 4 is 17.8 Å². The van der Waals surface area contributed by atoms with Crippen molar-refractivity contribution in [2.45, 2.75) is 52.4 Å². The van der Waals surface area contributed by atoms with Crippen molar-refractivity contribution in [3.8, 4) is 0 Å². The van der Waals surface area contributed by atoms with Crippen molar-refractivity contribution in [2.24, 2.45) is 0 Å². The molecule has 0 saturated carbocycles. The van der Waals surface area contributed by atoms with E-state index in [1.165, 1.54) is 26.4 Å². The van der Waals surface area contributed by atoms with Crippen LogP contribution in [0.3, 0.4) is 0 Å². The third-order valence-corrected chi connectivity index (χ3v) is 3.68. The van der Waals surface area contributed by atoms with Crippen LogP contribution in [0.1, 0.15) is 78.1 Å². The second-order valence-electron chi connectivity index (χ2n) is 5.14. The lowest BCUT2D eigenvalue weighted by Crippen LogP contribution is -2.06. The molecule has 1 rings (SSSR count). The Morgan fingerprint density at radius 2 is 2.00 bits per heavy atom. The van der Waals surface area contributed by atoms with Gasteiger partial charge in [0.25, 0.3) is 0 Å². The van der Waals surface area contributed by atoms with E-state index in [9.17, 15) is 9.59 Å². The number of allylic oxidation sites excluding steroid dienone is 1. The third kappa shape index (κ3) is 4.06. The average molecular weight is 291 g/mol. The summed E-state index contributed by atoms with van der Waals surface area (Å²) < 4.78 is 4.78. The molecular formula is C17H25NO3. The fourth-order valence-electron chi connectivity index (χ4n) is 2.53. The highest BCUT2D eigenvalue weighted by Gasteiger charge is 2.23. The number of hydrogen-bond acceptors (Lipinski definition) is 3. The van der Waals surface area contributed by atoms with Crippen LogP contribution in [-0.4, -0.2) is 24.3 Å². The van der Waals surface area contributed by atoms with Crippen LogP contribution in [0.2, 0.25) is 0 Å². The SMILES string of the molecule is C=C(CCCCCC)c1[nH]c(C=O)c(C(=O)OC)c1CC. The number of ether oxygens (including phenoxy) is 1. The van der Waals surface area contributed by atoms with Crippen LogP contribution in [-0.2, 0) is 11.2 Å². The van der Waals surface area contributed by atoms with Gasteiger partial charge in [0.1, 0.15) is 0 Å². The van der Waals surface area contributed by atoms with Crippen LogP contribution in [0, 0.1) is 0 Å². The molecule has 0 radical (unpaired) electrons. The summed E-state index contributed by atoms with van der Waals surface area (Å²) in [5.74, 6) is -0.477. The van der Waals surface area contributed by atoms with Gasteiger partial charge in [0, 0.05) is 5.69 Å². The lowest BCUT2D eigenvalue weighted by atomic mass is 9.99. The van der Waals surface area contributed by atoms with Crippen LogP contribution in [0.4, 0.5) is 0 Å². The van der Waals surface area contributed by atoms with E-state index in [1.54, 1.807) is 0 Å². The molecule has 0 fully saturated rings. The van der Waals surface area contributed by atoms with Gasteiger partial charge < -0.3 is 9.72 Å². The van der Waals surface area contributed by atoms with Gasteiger partial charge in [-0.1, -0.05) is 39.7 Å². The number of H-pyrrole nitrogens is 1. The van der Waals surface area contributed by atoms with Crippen molar-refractivity contribution in [3.05, 3.63) is 29.1 Å². The number of nitrogens with one attached hydrogen (secondary N) is 1. The highest BCUT2D eigenvalue weighted by atomic mass is 16.5. The third-order valence-electron chi connectivity index (χ3n) is 3.68. The molecule has 0 aliphatic heterocycles. The summed E-state index contributed by atoms with van der Waals surface area (Å²) in [7, 11) is 1.32. The van der Waals surface area contributed by atoms with E-state index in [-0.39, 0.29) is 5.69 Å². The molecule has 21 heavy (non-hydrogen) atoms. The summed E-state index contributed by atoms with van der Waals surface area (Å²) in [6.07, 6.45) is 6.83. The molecule has 0 spiro atoms. The standard InChI is InChI=1S/C17H25NO3/c1-5-7-8-9-10-12(3)16-13(6-2)15(17(20)21-4)14(11-19)18-16/h11,18H,3,5-10H2,1-2,4H3. The Morgan fingerprint density at radius 3 is 2.52 bits per heavy atom. The largest absolute Gasteiger partial charge is 0.465 e. The maximum Gasteiger partial charge on any atom is 0.340 e. The van der Waals surface area contributed by atoms with Gasteiger partial charge >= 0.3 is 5.97 Å². The maximum atomic E-state index is 11.9. The van der Waals surface area contributed by atoms with Crippen LogP contribution in [0.25, 0.3) is 5.57 Å². The lowest BCUT2D eigenvalue weighted by molar-refractivity contribution is 0.0597. The Hall–Kier alpha value is -1.84. The van der Waals surface area contributed by atoms with Crippen molar-refractivity contribution in [3.63, 3.8) is 0 Å². The normalized spacial score (nSPS) is 10.4. The molecule has 4 nitrogen and oxygen atoms in total. The first-order valence-corrected chi connectivity index (χ1v) is 7.57. The summed E-state index contributed by atoms with van der Waals surface area (Å²) in [6.45, 7) is 8.24. The molecule has 116 valence electrons. The first-order chi connectivity index (χ1) is 10.1. The van der Waals surface area contributed by atoms with Crippen molar-refractivity contribution in [2.75, 3.05) is 7.11 Å². The van der Waals surface area contributed by atoms with E-state index in [0.717, 1.165) is 29.7 Å². The van der Waals surface area contributed by atoms with Crippen LogP contribution in [0.15, 0.2) is 6.58 Å². The fourth-order valence-corrected chi connectivity index (χ4v) is 2.53. The number of aromatic amines is 1. The van der Waals surface area contributed by atoms with Crippen LogP contribution < -0.4 is 0 Å². The molecule has 0 aliphatic rings.